The molecule has 6 nitrogen and oxygen atoms in total. The molecule has 42 heavy (non-hydrogen) atoms. The monoisotopic (exact) mass is 582 g/mol. The van der Waals surface area contributed by atoms with Gasteiger partial charge in [0.1, 0.15) is 5.82 Å². The van der Waals surface area contributed by atoms with Gasteiger partial charge in [0.25, 0.3) is 0 Å². The maximum atomic E-state index is 13.5. The second-order valence-corrected chi connectivity index (χ2v) is 10.00. The summed E-state index contributed by atoms with van der Waals surface area (Å²) in [6, 6.07) is 19.7. The Morgan fingerprint density at radius 3 is 2.00 bits per heavy atom. The van der Waals surface area contributed by atoms with E-state index in [4.69, 9.17) is 4.98 Å². The van der Waals surface area contributed by atoms with Crippen LogP contribution in [0.1, 0.15) is 16.7 Å². The molecule has 0 radical (unpaired) electrons. The molecule has 0 aliphatic carbocycles. The van der Waals surface area contributed by atoms with Crippen LogP contribution in [0.25, 0.3) is 22.4 Å². The van der Waals surface area contributed by atoms with Crippen molar-refractivity contribution in [3.05, 3.63) is 102 Å². The van der Waals surface area contributed by atoms with E-state index in [1.54, 1.807) is 16.9 Å². The van der Waals surface area contributed by atoms with Gasteiger partial charge in [-0.15, -0.1) is 0 Å². The normalized spacial score (nSPS) is 14.5. The number of hydrogen-bond acceptors (Lipinski definition) is 5. The molecule has 0 spiro atoms. The molecule has 0 unspecified atom stereocenters. The molecule has 1 aliphatic heterocycles. The minimum Gasteiger partial charge on any atom is -0.368 e. The molecule has 0 N–H and O–H groups in total. The molecule has 216 valence electrons. The maximum Gasteiger partial charge on any atom is 0.416 e. The summed E-state index contributed by atoms with van der Waals surface area (Å²) in [7, 11) is 0. The number of rotatable bonds is 5. The zero-order valence-corrected chi connectivity index (χ0v) is 22.1. The third kappa shape index (κ3) is 5.61. The zero-order chi connectivity index (χ0) is 29.5. The van der Waals surface area contributed by atoms with Crippen LogP contribution in [0, 0.1) is 0 Å². The first-order valence-electron chi connectivity index (χ1n) is 13.2. The van der Waals surface area contributed by atoms with Gasteiger partial charge in [-0.25, -0.2) is 14.6 Å². The van der Waals surface area contributed by atoms with Gasteiger partial charge in [0.15, 0.2) is 11.5 Å². The summed E-state index contributed by atoms with van der Waals surface area (Å²) in [6.07, 6.45) is -7.33. The lowest BCUT2D eigenvalue weighted by molar-refractivity contribution is -0.138. The average molecular weight is 583 g/mol. The van der Waals surface area contributed by atoms with Gasteiger partial charge in [-0.3, -0.25) is 0 Å². The highest BCUT2D eigenvalue weighted by Gasteiger charge is 2.32. The van der Waals surface area contributed by atoms with E-state index in [0.29, 0.717) is 55.3 Å². The number of aromatic nitrogens is 4. The van der Waals surface area contributed by atoms with Gasteiger partial charge in [-0.1, -0.05) is 48.5 Å². The lowest BCUT2D eigenvalue weighted by Crippen LogP contribution is -2.47. The van der Waals surface area contributed by atoms with Crippen molar-refractivity contribution in [2.45, 2.75) is 18.9 Å². The van der Waals surface area contributed by atoms with Gasteiger partial charge in [-0.05, 0) is 35.9 Å². The van der Waals surface area contributed by atoms with Crippen molar-refractivity contribution in [3.63, 3.8) is 0 Å². The van der Waals surface area contributed by atoms with Gasteiger partial charge < -0.3 is 9.80 Å². The van der Waals surface area contributed by atoms with Gasteiger partial charge in [0.05, 0.1) is 29.3 Å². The lowest BCUT2D eigenvalue weighted by Gasteiger charge is -2.37. The molecule has 0 bridgehead atoms. The van der Waals surface area contributed by atoms with Crippen molar-refractivity contribution in [2.75, 3.05) is 36.0 Å². The quantitative estimate of drug-likeness (QED) is 0.211. The Kier molecular flexibility index (Phi) is 6.99. The van der Waals surface area contributed by atoms with Gasteiger partial charge in [0.2, 0.25) is 0 Å². The first-order chi connectivity index (χ1) is 20.1. The second-order valence-electron chi connectivity index (χ2n) is 10.00. The fraction of sp³-hybridized carbons (Fsp3) is 0.233. The lowest BCUT2D eigenvalue weighted by atomic mass is 10.1. The highest BCUT2D eigenvalue weighted by molar-refractivity contribution is 5.89. The molecule has 1 fully saturated rings. The standard InChI is InChI=1S/C30H24F6N6/c31-29(32,33)22-9-4-8-21(16-22)26-38-27(25-18-37-42(28(25)39-26)19-20-6-2-1-3-7-20)41-14-12-40(13-15-41)24-11-5-10-23(17-24)30(34,35)36/h1-11,16-18H,12-15,19H2. The average Bonchev–Trinajstić information content (AvgIpc) is 3.39. The van der Waals surface area contributed by atoms with E-state index < -0.39 is 23.5 Å². The van der Waals surface area contributed by atoms with Gasteiger partial charge in [0, 0.05) is 37.4 Å². The van der Waals surface area contributed by atoms with Crippen LogP contribution in [0.2, 0.25) is 0 Å². The Labute approximate surface area is 236 Å². The third-order valence-electron chi connectivity index (χ3n) is 7.22. The Balaban J connectivity index is 1.36. The molecule has 1 saturated heterocycles. The van der Waals surface area contributed by atoms with Crippen molar-refractivity contribution in [2.24, 2.45) is 0 Å². The fourth-order valence-corrected chi connectivity index (χ4v) is 5.07. The smallest absolute Gasteiger partial charge is 0.368 e. The molecular weight excluding hydrogens is 558 g/mol. The summed E-state index contributed by atoms with van der Waals surface area (Å²) >= 11 is 0. The highest BCUT2D eigenvalue weighted by Crippen LogP contribution is 2.35. The Bertz CT molecular complexity index is 1710. The van der Waals surface area contributed by atoms with E-state index in [1.165, 1.54) is 18.2 Å². The van der Waals surface area contributed by atoms with Crippen molar-refractivity contribution in [1.82, 2.24) is 19.7 Å². The molecule has 0 atom stereocenters. The Hall–Kier alpha value is -4.61. The summed E-state index contributed by atoms with van der Waals surface area (Å²) in [5, 5.41) is 5.16. The summed E-state index contributed by atoms with van der Waals surface area (Å²) < 4.78 is 82.0. The number of hydrogen-bond donors (Lipinski definition) is 0. The molecule has 5 aromatic rings. The number of nitrogens with zero attached hydrogens (tertiary/aromatic N) is 6. The van der Waals surface area contributed by atoms with Crippen LogP contribution in [0.15, 0.2) is 85.1 Å². The Morgan fingerprint density at radius 2 is 1.31 bits per heavy atom. The number of halogens is 6. The van der Waals surface area contributed by atoms with Crippen molar-refractivity contribution < 1.29 is 26.3 Å². The third-order valence-corrected chi connectivity index (χ3v) is 7.22. The number of benzene rings is 3. The van der Waals surface area contributed by atoms with Crippen LogP contribution in [0.3, 0.4) is 0 Å². The SMILES string of the molecule is FC(F)(F)c1cccc(-c2nc(N3CCN(c4cccc(C(F)(F)F)c4)CC3)c3cnn(Cc4ccccc4)c3n2)c1. The topological polar surface area (TPSA) is 50.1 Å². The van der Waals surface area contributed by atoms with Crippen molar-refractivity contribution in [1.29, 1.82) is 0 Å². The highest BCUT2D eigenvalue weighted by atomic mass is 19.4. The van der Waals surface area contributed by atoms with Gasteiger partial charge >= 0.3 is 12.4 Å². The molecule has 3 heterocycles. The van der Waals surface area contributed by atoms with E-state index >= 15 is 0 Å². The number of anilines is 2. The number of piperazine rings is 1. The molecule has 1 aliphatic rings. The largest absolute Gasteiger partial charge is 0.416 e. The van der Waals surface area contributed by atoms with Crippen LogP contribution in [0.5, 0.6) is 0 Å². The summed E-state index contributed by atoms with van der Waals surface area (Å²) in [4.78, 5) is 13.2. The summed E-state index contributed by atoms with van der Waals surface area (Å²) in [5.41, 5.74) is 0.601. The Morgan fingerprint density at radius 1 is 0.667 bits per heavy atom. The minimum atomic E-state index is -4.53. The maximum absolute atomic E-state index is 13.5. The van der Waals surface area contributed by atoms with E-state index in [0.717, 1.165) is 29.8 Å². The first kappa shape index (κ1) is 27.6. The number of alkyl halides is 6. The molecule has 2 aromatic heterocycles. The van der Waals surface area contributed by atoms with Crippen LogP contribution in [-0.2, 0) is 18.9 Å². The van der Waals surface area contributed by atoms with Crippen LogP contribution < -0.4 is 9.80 Å². The molecule has 12 heteroatoms. The molecule has 6 rings (SSSR count). The predicted molar refractivity (Wildman–Crippen MR) is 147 cm³/mol. The predicted octanol–water partition coefficient (Wildman–Crippen LogP) is 6.91. The first-order valence-corrected chi connectivity index (χ1v) is 13.2. The minimum absolute atomic E-state index is 0.124. The fourth-order valence-electron chi connectivity index (χ4n) is 5.07. The van der Waals surface area contributed by atoms with E-state index in [1.807, 2.05) is 40.1 Å². The van der Waals surface area contributed by atoms with Crippen LogP contribution >= 0.6 is 0 Å². The zero-order valence-electron chi connectivity index (χ0n) is 22.1. The van der Waals surface area contributed by atoms with Crippen molar-refractivity contribution >= 4 is 22.5 Å². The van der Waals surface area contributed by atoms with E-state index in [9.17, 15) is 26.3 Å². The summed E-state index contributed by atoms with van der Waals surface area (Å²) in [6.45, 7) is 2.09. The van der Waals surface area contributed by atoms with Crippen molar-refractivity contribution in [3.8, 4) is 11.4 Å². The van der Waals surface area contributed by atoms with Crippen LogP contribution in [0.4, 0.5) is 37.8 Å². The van der Waals surface area contributed by atoms with Crippen LogP contribution in [-0.4, -0.2) is 45.9 Å². The molecular formula is C30H24F6N6. The van der Waals surface area contributed by atoms with E-state index in [2.05, 4.69) is 10.1 Å². The second kappa shape index (κ2) is 10.7. The number of fused-ring (bicyclic) bond motifs is 1. The molecule has 0 amide bonds. The van der Waals surface area contributed by atoms with E-state index in [-0.39, 0.29) is 11.4 Å². The molecule has 3 aromatic carbocycles. The molecule has 0 saturated carbocycles. The summed E-state index contributed by atoms with van der Waals surface area (Å²) in [5.74, 6) is 0.633. The van der Waals surface area contributed by atoms with Gasteiger partial charge in [-0.2, -0.15) is 31.4 Å².